The SMILES string of the molecule is C=CCOc1ccc(C(O)=C2C(=O)C(=O)N(Cc3ccco3)[C@@H]2c2ccccc2F)cc1. The third-order valence-electron chi connectivity index (χ3n) is 5.14. The molecular formula is C25H20FNO5. The lowest BCUT2D eigenvalue weighted by Gasteiger charge is -2.24. The number of benzene rings is 2. The van der Waals surface area contributed by atoms with Gasteiger partial charge in [-0.1, -0.05) is 30.9 Å². The molecule has 7 heteroatoms. The number of hydrogen-bond donors (Lipinski definition) is 1. The number of ketones is 1. The first-order valence-corrected chi connectivity index (χ1v) is 9.90. The predicted octanol–water partition coefficient (Wildman–Crippen LogP) is 4.61. The van der Waals surface area contributed by atoms with E-state index in [9.17, 15) is 19.1 Å². The molecule has 1 amide bonds. The van der Waals surface area contributed by atoms with Crippen LogP contribution in [0, 0.1) is 5.82 Å². The van der Waals surface area contributed by atoms with Gasteiger partial charge in [-0.2, -0.15) is 0 Å². The van der Waals surface area contributed by atoms with Gasteiger partial charge in [0.2, 0.25) is 0 Å². The second kappa shape index (κ2) is 8.93. The van der Waals surface area contributed by atoms with Gasteiger partial charge < -0.3 is 19.2 Å². The van der Waals surface area contributed by atoms with E-state index in [0.29, 0.717) is 23.7 Å². The van der Waals surface area contributed by atoms with Crippen LogP contribution < -0.4 is 4.74 Å². The summed E-state index contributed by atoms with van der Waals surface area (Å²) in [5.41, 5.74) is 0.213. The molecule has 1 saturated heterocycles. The van der Waals surface area contributed by atoms with Gasteiger partial charge >= 0.3 is 0 Å². The van der Waals surface area contributed by atoms with Crippen LogP contribution in [0.3, 0.4) is 0 Å². The molecule has 0 saturated carbocycles. The van der Waals surface area contributed by atoms with Gasteiger partial charge in [-0.15, -0.1) is 0 Å². The van der Waals surface area contributed by atoms with Crippen LogP contribution in [0.25, 0.3) is 5.76 Å². The molecule has 32 heavy (non-hydrogen) atoms. The third-order valence-corrected chi connectivity index (χ3v) is 5.14. The van der Waals surface area contributed by atoms with Gasteiger partial charge in [0.05, 0.1) is 24.4 Å². The molecule has 2 heterocycles. The Kier molecular flexibility index (Phi) is 5.89. The zero-order valence-corrected chi connectivity index (χ0v) is 17.0. The summed E-state index contributed by atoms with van der Waals surface area (Å²) in [5.74, 6) is -1.75. The van der Waals surface area contributed by atoms with Crippen molar-refractivity contribution in [2.75, 3.05) is 6.61 Å². The Labute approximate surface area is 183 Å². The van der Waals surface area contributed by atoms with E-state index in [0.717, 1.165) is 0 Å². The van der Waals surface area contributed by atoms with E-state index < -0.39 is 29.3 Å². The lowest BCUT2D eigenvalue weighted by atomic mass is 9.95. The Bertz CT molecular complexity index is 1180. The molecular weight excluding hydrogens is 413 g/mol. The van der Waals surface area contributed by atoms with Crippen LogP contribution in [0.4, 0.5) is 4.39 Å². The highest BCUT2D eigenvalue weighted by molar-refractivity contribution is 6.46. The van der Waals surface area contributed by atoms with Gasteiger partial charge in [0.1, 0.15) is 29.7 Å². The number of nitrogens with zero attached hydrogens (tertiary/aromatic N) is 1. The molecule has 1 aliphatic heterocycles. The molecule has 0 bridgehead atoms. The van der Waals surface area contributed by atoms with E-state index in [-0.39, 0.29) is 17.7 Å². The lowest BCUT2D eigenvalue weighted by Crippen LogP contribution is -2.29. The van der Waals surface area contributed by atoms with Gasteiger partial charge in [-0.05, 0) is 42.5 Å². The highest BCUT2D eigenvalue weighted by atomic mass is 19.1. The first-order chi connectivity index (χ1) is 15.5. The second-order valence-electron chi connectivity index (χ2n) is 7.15. The normalized spacial score (nSPS) is 17.5. The molecule has 1 aliphatic rings. The average molecular weight is 433 g/mol. The minimum Gasteiger partial charge on any atom is -0.507 e. The highest BCUT2D eigenvalue weighted by Gasteiger charge is 2.47. The van der Waals surface area contributed by atoms with Crippen molar-refractivity contribution < 1.29 is 28.2 Å². The number of furan rings is 1. The van der Waals surface area contributed by atoms with Gasteiger partial charge in [-0.3, -0.25) is 9.59 Å². The highest BCUT2D eigenvalue weighted by Crippen LogP contribution is 2.41. The molecule has 4 rings (SSSR count). The Morgan fingerprint density at radius 3 is 2.53 bits per heavy atom. The van der Waals surface area contributed by atoms with Gasteiger partial charge in [0.15, 0.2) is 0 Å². The molecule has 2 aromatic carbocycles. The fraction of sp³-hybridized carbons (Fsp3) is 0.120. The zero-order valence-electron chi connectivity index (χ0n) is 17.0. The van der Waals surface area contributed by atoms with Gasteiger partial charge in [0.25, 0.3) is 11.7 Å². The summed E-state index contributed by atoms with van der Waals surface area (Å²) >= 11 is 0. The number of carbonyl (C=O) groups is 2. The van der Waals surface area contributed by atoms with Crippen LogP contribution in [0.2, 0.25) is 0 Å². The van der Waals surface area contributed by atoms with Crippen LogP contribution in [0.1, 0.15) is 22.9 Å². The predicted molar refractivity (Wildman–Crippen MR) is 115 cm³/mol. The number of halogens is 1. The van der Waals surface area contributed by atoms with Crippen molar-refractivity contribution in [2.45, 2.75) is 12.6 Å². The standard InChI is InChI=1S/C25H20FNO5/c1-2-13-31-17-11-9-16(10-12-17)23(28)21-22(19-7-3-4-8-20(19)26)27(25(30)24(21)29)15-18-6-5-14-32-18/h2-12,14,22,28H,1,13,15H2/t22-/m1/s1. The molecule has 0 spiro atoms. The smallest absolute Gasteiger partial charge is 0.296 e. The fourth-order valence-corrected chi connectivity index (χ4v) is 3.65. The molecule has 1 atom stereocenters. The maximum atomic E-state index is 14.8. The van der Waals surface area contributed by atoms with E-state index >= 15 is 0 Å². The molecule has 1 N–H and O–H groups in total. The number of ether oxygens (including phenoxy) is 1. The van der Waals surface area contributed by atoms with Crippen molar-refractivity contribution in [3.8, 4) is 5.75 Å². The average Bonchev–Trinajstić information content (AvgIpc) is 3.40. The van der Waals surface area contributed by atoms with Crippen molar-refractivity contribution in [1.82, 2.24) is 4.90 Å². The first-order valence-electron chi connectivity index (χ1n) is 9.90. The van der Waals surface area contributed by atoms with Crippen LogP contribution in [-0.4, -0.2) is 28.3 Å². The molecule has 0 radical (unpaired) electrons. The third kappa shape index (κ3) is 3.92. The van der Waals surface area contributed by atoms with Crippen molar-refractivity contribution in [3.05, 3.63) is 108 Å². The molecule has 0 unspecified atom stereocenters. The topological polar surface area (TPSA) is 80.0 Å². The molecule has 162 valence electrons. The van der Waals surface area contributed by atoms with Crippen LogP contribution >= 0.6 is 0 Å². The maximum Gasteiger partial charge on any atom is 0.296 e. The minimum atomic E-state index is -1.11. The van der Waals surface area contributed by atoms with E-state index in [1.165, 1.54) is 29.4 Å². The van der Waals surface area contributed by atoms with E-state index in [4.69, 9.17) is 9.15 Å². The minimum absolute atomic E-state index is 0.0539. The van der Waals surface area contributed by atoms with Crippen LogP contribution in [0.5, 0.6) is 5.75 Å². The molecule has 0 aliphatic carbocycles. The Hall–Kier alpha value is -4.13. The number of likely N-dealkylation sites (tertiary alicyclic amines) is 1. The van der Waals surface area contributed by atoms with E-state index in [1.54, 1.807) is 48.5 Å². The van der Waals surface area contributed by atoms with Crippen molar-refractivity contribution in [1.29, 1.82) is 0 Å². The number of carbonyl (C=O) groups excluding carboxylic acids is 2. The number of amides is 1. The number of rotatable bonds is 7. The summed E-state index contributed by atoms with van der Waals surface area (Å²) in [6.07, 6.45) is 3.04. The number of aliphatic hydroxyl groups excluding tert-OH is 1. The second-order valence-corrected chi connectivity index (χ2v) is 7.15. The van der Waals surface area contributed by atoms with Crippen molar-refractivity contribution >= 4 is 17.4 Å². The summed E-state index contributed by atoms with van der Waals surface area (Å²) in [7, 11) is 0. The summed E-state index contributed by atoms with van der Waals surface area (Å²) < 4.78 is 25.5. The van der Waals surface area contributed by atoms with Crippen molar-refractivity contribution in [2.24, 2.45) is 0 Å². The summed E-state index contributed by atoms with van der Waals surface area (Å²) in [6.45, 7) is 3.85. The van der Waals surface area contributed by atoms with E-state index in [2.05, 4.69) is 6.58 Å². The molecule has 6 nitrogen and oxygen atoms in total. The number of aliphatic hydroxyl groups is 1. The monoisotopic (exact) mass is 433 g/mol. The first kappa shape index (κ1) is 21.1. The Morgan fingerprint density at radius 1 is 1.12 bits per heavy atom. The molecule has 1 aromatic heterocycles. The summed E-state index contributed by atoms with van der Waals surface area (Å²) in [6, 6.07) is 14.4. The quantitative estimate of drug-likeness (QED) is 0.255. The fourth-order valence-electron chi connectivity index (χ4n) is 3.65. The maximum absolute atomic E-state index is 14.8. The molecule has 1 fully saturated rings. The van der Waals surface area contributed by atoms with Crippen molar-refractivity contribution in [3.63, 3.8) is 0 Å². The lowest BCUT2D eigenvalue weighted by molar-refractivity contribution is -0.140. The Balaban J connectivity index is 1.80. The zero-order chi connectivity index (χ0) is 22.7. The summed E-state index contributed by atoms with van der Waals surface area (Å²) in [5, 5.41) is 11.0. The van der Waals surface area contributed by atoms with Gasteiger partial charge in [-0.25, -0.2) is 4.39 Å². The van der Waals surface area contributed by atoms with Gasteiger partial charge in [0, 0.05) is 11.1 Å². The van der Waals surface area contributed by atoms with E-state index in [1.807, 2.05) is 0 Å². The number of hydrogen-bond acceptors (Lipinski definition) is 5. The largest absolute Gasteiger partial charge is 0.507 e. The summed E-state index contributed by atoms with van der Waals surface area (Å²) in [4.78, 5) is 27.0. The van der Waals surface area contributed by atoms with Crippen LogP contribution in [0.15, 0.2) is 89.6 Å². The van der Waals surface area contributed by atoms with Crippen LogP contribution in [-0.2, 0) is 16.1 Å². The molecule has 3 aromatic rings. The Morgan fingerprint density at radius 2 is 1.88 bits per heavy atom. The number of Topliss-reactive ketones (excluding diaryl/α,β-unsaturated/α-hetero) is 1.